The van der Waals surface area contributed by atoms with Crippen LogP contribution in [0.25, 0.3) is 11.1 Å². The Balaban J connectivity index is 1.04. The molecular formula is C75H106O12SSi2. The molecule has 1 aliphatic carbocycles. The molecule has 3 fully saturated rings. The molecule has 0 amide bonds. The van der Waals surface area contributed by atoms with E-state index in [2.05, 4.69) is 136 Å². The van der Waals surface area contributed by atoms with E-state index in [4.69, 9.17) is 42.0 Å². The highest BCUT2D eigenvalue weighted by Crippen LogP contribution is 2.55. The van der Waals surface area contributed by atoms with Crippen LogP contribution in [0.1, 0.15) is 156 Å². The number of thioether (sulfide) groups is 1. The topological polar surface area (TPSA) is 137 Å². The molecule has 492 valence electrons. The molecule has 1 N–H and O–H groups in total. The molecule has 12 nitrogen and oxygen atoms in total. The summed E-state index contributed by atoms with van der Waals surface area (Å²) < 4.78 is 60.2. The lowest BCUT2D eigenvalue weighted by atomic mass is 9.80. The Hall–Kier alpha value is -4.66. The minimum atomic E-state index is -2.28. The van der Waals surface area contributed by atoms with Crippen molar-refractivity contribution in [3.63, 3.8) is 0 Å². The van der Waals surface area contributed by atoms with Crippen molar-refractivity contribution in [2.24, 2.45) is 17.3 Å². The van der Waals surface area contributed by atoms with Crippen molar-refractivity contribution in [1.29, 1.82) is 0 Å². The normalized spacial score (nSPS) is 25.5. The van der Waals surface area contributed by atoms with Crippen molar-refractivity contribution in [3.8, 4) is 16.9 Å². The fourth-order valence-electron chi connectivity index (χ4n) is 12.1. The van der Waals surface area contributed by atoms with Crippen molar-refractivity contribution in [1.82, 2.24) is 0 Å². The average Bonchev–Trinajstić information content (AvgIpc) is 0.868. The molecule has 3 heterocycles. The molecular weight excluding hydrogens is 1180 g/mol. The highest BCUT2D eigenvalue weighted by atomic mass is 32.2. The van der Waals surface area contributed by atoms with Gasteiger partial charge in [-0.3, -0.25) is 4.79 Å². The summed E-state index contributed by atoms with van der Waals surface area (Å²) in [6, 6.07) is 34.8. The molecule has 0 aromatic heterocycles. The molecule has 4 aromatic carbocycles. The molecule has 3 saturated heterocycles. The predicted molar refractivity (Wildman–Crippen MR) is 367 cm³/mol. The van der Waals surface area contributed by atoms with E-state index < -0.39 is 58.5 Å². The third-order valence-corrected chi connectivity index (χ3v) is 30.3. The van der Waals surface area contributed by atoms with Crippen LogP contribution in [-0.4, -0.2) is 109 Å². The van der Waals surface area contributed by atoms with Crippen LogP contribution in [0.3, 0.4) is 0 Å². The van der Waals surface area contributed by atoms with Gasteiger partial charge in [-0.2, -0.15) is 0 Å². The number of carbonyl (C=O) groups is 2. The second-order valence-corrected chi connectivity index (χ2v) is 40.6. The van der Waals surface area contributed by atoms with Gasteiger partial charge in [0.1, 0.15) is 11.9 Å². The Morgan fingerprint density at radius 1 is 0.789 bits per heavy atom. The number of hydrogen-bond acceptors (Lipinski definition) is 13. The zero-order valence-electron chi connectivity index (χ0n) is 56.9. The molecule has 15 heteroatoms. The van der Waals surface area contributed by atoms with E-state index >= 15 is 4.79 Å². The molecule has 3 aliphatic heterocycles. The number of carbonyl (C=O) groups excluding carboxylic acids is 2. The van der Waals surface area contributed by atoms with Crippen LogP contribution < -0.4 is 4.74 Å². The van der Waals surface area contributed by atoms with E-state index in [1.54, 1.807) is 18.9 Å². The minimum Gasteiger partial charge on any atom is -0.497 e. The van der Waals surface area contributed by atoms with Gasteiger partial charge < -0.3 is 47.1 Å². The van der Waals surface area contributed by atoms with Gasteiger partial charge in [0.2, 0.25) is 0 Å². The summed E-state index contributed by atoms with van der Waals surface area (Å²) in [7, 11) is -2.66. The van der Waals surface area contributed by atoms with Gasteiger partial charge >= 0.3 is 11.9 Å². The number of benzene rings is 4. The van der Waals surface area contributed by atoms with Crippen LogP contribution in [0.2, 0.25) is 36.3 Å². The molecule has 0 saturated carbocycles. The summed E-state index contributed by atoms with van der Waals surface area (Å²) >= 11 is 1.69. The molecule has 0 spiro atoms. The lowest BCUT2D eigenvalue weighted by molar-refractivity contribution is -0.274. The summed E-state index contributed by atoms with van der Waals surface area (Å²) in [5.74, 6) is -0.301. The SMILES string of the molecule is C=C(C(O)C[C@@H]1O[C@H]2C[C@@H](O[Si](C)(C)C(C)(C)C)[C@@H](CCO[Si](C)(C)C(C)(C)C)O[C@H]2[C@H](C)[C@H]1OCc1ccc(OC)cc1)[C@H](C)C/C=C(\C[C@@H]1O[C@@H](CCCOC(=O)C(C)(C)C)CC1=C)C(=O)O[C@H]1c2ccccc2-c2ccccc2[C@@H]1Sc1ccccc1. The predicted octanol–water partition coefficient (Wildman–Crippen LogP) is 17.5. The number of fused-ring (bicyclic) bond motifs is 4. The van der Waals surface area contributed by atoms with Gasteiger partial charge in [-0.05, 0) is 153 Å². The molecule has 0 bridgehead atoms. The third-order valence-electron chi connectivity index (χ3n) is 19.9. The summed E-state index contributed by atoms with van der Waals surface area (Å²) in [6.45, 7) is 42.8. The lowest BCUT2D eigenvalue weighted by Gasteiger charge is -2.53. The van der Waals surface area contributed by atoms with E-state index in [-0.39, 0.29) is 76.5 Å². The van der Waals surface area contributed by atoms with Gasteiger partial charge in [0, 0.05) is 47.8 Å². The molecule has 0 radical (unpaired) electrons. The summed E-state index contributed by atoms with van der Waals surface area (Å²) in [4.78, 5) is 29.0. The first kappa shape index (κ1) is 71.2. The Bertz CT molecular complexity index is 3090. The van der Waals surface area contributed by atoms with Crippen molar-refractivity contribution < 1.29 is 56.7 Å². The number of aliphatic hydroxyl groups excluding tert-OH is 1. The molecule has 4 aromatic rings. The fraction of sp³-hybridized carbons (Fsp3) is 0.573. The van der Waals surface area contributed by atoms with Crippen molar-refractivity contribution in [2.75, 3.05) is 20.3 Å². The number of methoxy groups -OCH3 is 1. The second-order valence-electron chi connectivity index (χ2n) is 29.8. The Morgan fingerprint density at radius 2 is 1.42 bits per heavy atom. The van der Waals surface area contributed by atoms with Crippen LogP contribution in [0.5, 0.6) is 5.75 Å². The van der Waals surface area contributed by atoms with Crippen molar-refractivity contribution >= 4 is 40.3 Å². The van der Waals surface area contributed by atoms with E-state index in [0.717, 1.165) is 44.0 Å². The third kappa shape index (κ3) is 17.8. The molecule has 8 rings (SSSR count). The Kier molecular flexibility index (Phi) is 23.9. The van der Waals surface area contributed by atoms with Gasteiger partial charge in [-0.25, -0.2) is 4.79 Å². The number of ether oxygens (including phenoxy) is 7. The molecule has 13 atom stereocenters. The van der Waals surface area contributed by atoms with Gasteiger partial charge in [0.15, 0.2) is 16.6 Å². The maximum Gasteiger partial charge on any atom is 0.334 e. The number of aliphatic hydroxyl groups is 1. The number of esters is 2. The second kappa shape index (κ2) is 30.2. The van der Waals surface area contributed by atoms with Crippen LogP contribution in [0.15, 0.2) is 144 Å². The maximum atomic E-state index is 15.4. The summed E-state index contributed by atoms with van der Waals surface area (Å²) in [5.41, 5.74) is 6.58. The number of hydrogen-bond donors (Lipinski definition) is 1. The van der Waals surface area contributed by atoms with Gasteiger partial charge in [-0.15, -0.1) is 11.8 Å². The van der Waals surface area contributed by atoms with E-state index in [1.165, 1.54) is 0 Å². The Labute approximate surface area is 545 Å². The molecule has 1 unspecified atom stereocenters. The van der Waals surface area contributed by atoms with Crippen LogP contribution in [-0.2, 0) is 53.5 Å². The first-order valence-corrected chi connectivity index (χ1v) is 39.6. The smallest absolute Gasteiger partial charge is 0.334 e. The highest BCUT2D eigenvalue weighted by Gasteiger charge is 2.53. The largest absolute Gasteiger partial charge is 0.497 e. The number of rotatable bonds is 26. The van der Waals surface area contributed by atoms with Gasteiger partial charge in [0.05, 0.1) is 85.9 Å². The van der Waals surface area contributed by atoms with Crippen LogP contribution in [0, 0.1) is 17.3 Å². The first-order chi connectivity index (χ1) is 42.3. The average molecular weight is 1290 g/mol. The van der Waals surface area contributed by atoms with Crippen molar-refractivity contribution in [3.05, 3.63) is 156 Å². The zero-order chi connectivity index (χ0) is 65.5. The van der Waals surface area contributed by atoms with Crippen molar-refractivity contribution in [2.45, 2.75) is 242 Å². The monoisotopic (exact) mass is 1290 g/mol. The zero-order valence-corrected chi connectivity index (χ0v) is 59.8. The fourth-order valence-corrected chi connectivity index (χ4v) is 15.8. The summed E-state index contributed by atoms with van der Waals surface area (Å²) in [6.07, 6.45) is 1.88. The van der Waals surface area contributed by atoms with E-state index in [9.17, 15) is 9.90 Å². The molecule has 90 heavy (non-hydrogen) atoms. The highest BCUT2D eigenvalue weighted by molar-refractivity contribution is 7.99. The Morgan fingerprint density at radius 3 is 2.07 bits per heavy atom. The quantitative estimate of drug-likeness (QED) is 0.0210. The maximum absolute atomic E-state index is 15.4. The first-order valence-electron chi connectivity index (χ1n) is 32.9. The lowest BCUT2D eigenvalue weighted by Crippen LogP contribution is -2.62. The molecule has 4 aliphatic rings. The van der Waals surface area contributed by atoms with Crippen LogP contribution in [0.4, 0.5) is 0 Å². The number of allylic oxidation sites excluding steroid dienone is 1. The van der Waals surface area contributed by atoms with E-state index in [1.807, 2.05) is 88.4 Å². The van der Waals surface area contributed by atoms with Gasteiger partial charge in [0.25, 0.3) is 0 Å². The minimum absolute atomic E-state index is 0.0274. The van der Waals surface area contributed by atoms with Gasteiger partial charge in [-0.1, -0.05) is 153 Å². The summed E-state index contributed by atoms with van der Waals surface area (Å²) in [5, 5.41) is 12.3. The van der Waals surface area contributed by atoms with Crippen LogP contribution >= 0.6 is 11.8 Å². The van der Waals surface area contributed by atoms with E-state index in [0.29, 0.717) is 69.5 Å². The standard InChI is InChI=1S/C75H106O12SSi2/c1-48(50(3)61(76)45-65-67(81-47-52-35-38-54(79-14)39-36-52)51(4)68-66(84-65)46-64(87-90(17,18)75(11,12)13)62(85-68)40-42-82-89(15,16)74(8,9)10)34-37-53(44-63-49(2)43-55(83-63)27-26-41-80-72(78)73(5,6)7)71(77)86-69-59-32-24-22-30-57(59)58-31-23-25-33-60(58)70(69)88-56-28-20-19-21-29-56/h19-25,28-33,35-39,48,51,55,61-70,76H,2-3,26-27,34,40-47H2,1,4-18H3/b53-37+/t48-,51-,55+,61?,62-,63+,64-,65+,66+,67-,68+,69+,70+/m1/s1.